The topological polar surface area (TPSA) is 35.5 Å². The maximum Gasteiger partial charge on any atom is 0.164 e. The van der Waals surface area contributed by atoms with Gasteiger partial charge in [-0.1, -0.05) is 0 Å². The number of ether oxygens (including phenoxy) is 2. The van der Waals surface area contributed by atoms with E-state index in [1.807, 2.05) is 0 Å². The van der Waals surface area contributed by atoms with Gasteiger partial charge in [0.15, 0.2) is 5.78 Å². The van der Waals surface area contributed by atoms with Gasteiger partial charge in [0.1, 0.15) is 6.10 Å². The maximum atomic E-state index is 12.4. The molecule has 0 aromatic carbocycles. The average Bonchev–Trinajstić information content (AvgIpc) is 2.37. The molecule has 3 nitrogen and oxygen atoms in total. The van der Waals surface area contributed by atoms with E-state index in [2.05, 4.69) is 0 Å². The van der Waals surface area contributed by atoms with E-state index < -0.39 is 0 Å². The second-order valence-corrected chi connectivity index (χ2v) is 5.83. The molecule has 2 atom stereocenters. The number of carbonyl (C=O) groups is 1. The van der Waals surface area contributed by atoms with Crippen LogP contribution in [-0.2, 0) is 14.3 Å². The zero-order valence-corrected chi connectivity index (χ0v) is 10.5. The first kappa shape index (κ1) is 11.7. The molecule has 1 aliphatic carbocycles. The van der Waals surface area contributed by atoms with Crippen molar-refractivity contribution in [3.8, 4) is 0 Å². The zero-order chi connectivity index (χ0) is 11.7. The highest BCUT2D eigenvalue weighted by atomic mass is 16.5. The first-order chi connectivity index (χ1) is 8.29. The number of carbonyl (C=O) groups excluding carboxylic acids is 1. The summed E-state index contributed by atoms with van der Waals surface area (Å²) in [5.74, 6) is 0.562. The van der Waals surface area contributed by atoms with Crippen LogP contribution in [0.4, 0.5) is 0 Å². The van der Waals surface area contributed by atoms with Gasteiger partial charge < -0.3 is 9.47 Å². The summed E-state index contributed by atoms with van der Waals surface area (Å²) in [7, 11) is 0. The van der Waals surface area contributed by atoms with Gasteiger partial charge in [0, 0.05) is 19.1 Å². The molecule has 0 radical (unpaired) electrons. The maximum absolute atomic E-state index is 12.4. The van der Waals surface area contributed by atoms with Crippen LogP contribution in [0, 0.1) is 5.92 Å². The predicted octanol–water partition coefficient (Wildman–Crippen LogP) is 2.47. The van der Waals surface area contributed by atoms with E-state index in [0.717, 1.165) is 58.2 Å². The average molecular weight is 238 g/mol. The molecule has 3 rings (SSSR count). The van der Waals surface area contributed by atoms with Crippen LogP contribution >= 0.6 is 0 Å². The van der Waals surface area contributed by atoms with Crippen LogP contribution in [0.2, 0.25) is 0 Å². The molecule has 96 valence electrons. The molecule has 0 amide bonds. The minimum Gasteiger partial charge on any atom is -0.375 e. The molecule has 2 unspecified atom stereocenters. The fourth-order valence-corrected chi connectivity index (χ4v) is 3.42. The number of hydrogen-bond donors (Lipinski definition) is 0. The molecule has 0 bridgehead atoms. The molecule has 17 heavy (non-hydrogen) atoms. The van der Waals surface area contributed by atoms with Gasteiger partial charge in [0.05, 0.1) is 5.60 Å². The molecule has 0 aromatic rings. The number of hydrogen-bond acceptors (Lipinski definition) is 3. The number of rotatable bonds is 2. The molecule has 0 aromatic heterocycles. The van der Waals surface area contributed by atoms with Gasteiger partial charge >= 0.3 is 0 Å². The normalized spacial score (nSPS) is 36.5. The first-order valence-electron chi connectivity index (χ1n) is 7.08. The summed E-state index contributed by atoms with van der Waals surface area (Å²) in [6.45, 7) is 1.54. The SMILES string of the molecule is O=C(C1CCOC2(CCC2)C1)C1CCCCO1. The molecule has 2 heterocycles. The van der Waals surface area contributed by atoms with E-state index in [0.29, 0.717) is 5.78 Å². The van der Waals surface area contributed by atoms with Crippen molar-refractivity contribution in [2.24, 2.45) is 5.92 Å². The van der Waals surface area contributed by atoms with Crippen molar-refractivity contribution in [2.75, 3.05) is 13.2 Å². The fraction of sp³-hybridized carbons (Fsp3) is 0.929. The van der Waals surface area contributed by atoms with Crippen LogP contribution in [0.1, 0.15) is 51.4 Å². The largest absolute Gasteiger partial charge is 0.375 e. The quantitative estimate of drug-likeness (QED) is 0.741. The van der Waals surface area contributed by atoms with Crippen molar-refractivity contribution in [3.05, 3.63) is 0 Å². The molecule has 3 fully saturated rings. The Balaban J connectivity index is 1.60. The smallest absolute Gasteiger partial charge is 0.164 e. The first-order valence-corrected chi connectivity index (χ1v) is 7.08. The summed E-state index contributed by atoms with van der Waals surface area (Å²) >= 11 is 0. The molecule has 3 heteroatoms. The van der Waals surface area contributed by atoms with E-state index in [1.165, 1.54) is 6.42 Å². The molecular weight excluding hydrogens is 216 g/mol. The zero-order valence-electron chi connectivity index (χ0n) is 10.5. The van der Waals surface area contributed by atoms with Crippen LogP contribution < -0.4 is 0 Å². The molecule has 1 saturated carbocycles. The molecule has 3 aliphatic rings. The molecule has 1 spiro atoms. The summed E-state index contributed by atoms with van der Waals surface area (Å²) in [6, 6.07) is 0. The second kappa shape index (κ2) is 4.69. The van der Waals surface area contributed by atoms with E-state index >= 15 is 0 Å². The highest BCUT2D eigenvalue weighted by Gasteiger charge is 2.45. The van der Waals surface area contributed by atoms with Crippen LogP contribution in [-0.4, -0.2) is 30.7 Å². The Labute approximate surface area is 103 Å². The third kappa shape index (κ3) is 2.27. The summed E-state index contributed by atoms with van der Waals surface area (Å²) in [4.78, 5) is 12.4. The van der Waals surface area contributed by atoms with Gasteiger partial charge in [0.2, 0.25) is 0 Å². The predicted molar refractivity (Wildman–Crippen MR) is 63.9 cm³/mol. The van der Waals surface area contributed by atoms with Crippen molar-refractivity contribution in [3.63, 3.8) is 0 Å². The minimum atomic E-state index is -0.107. The van der Waals surface area contributed by atoms with Crippen LogP contribution in [0.25, 0.3) is 0 Å². The van der Waals surface area contributed by atoms with Gasteiger partial charge in [0.25, 0.3) is 0 Å². The Hall–Kier alpha value is -0.410. The third-order valence-electron chi connectivity index (χ3n) is 4.66. The molecule has 2 aliphatic heterocycles. The van der Waals surface area contributed by atoms with Gasteiger partial charge in [-0.25, -0.2) is 0 Å². The molecule has 0 N–H and O–H groups in total. The van der Waals surface area contributed by atoms with Crippen molar-refractivity contribution in [1.29, 1.82) is 0 Å². The lowest BCUT2D eigenvalue weighted by molar-refractivity contribution is -0.163. The second-order valence-electron chi connectivity index (χ2n) is 5.83. The monoisotopic (exact) mass is 238 g/mol. The van der Waals surface area contributed by atoms with Crippen LogP contribution in [0.5, 0.6) is 0 Å². The highest BCUT2D eigenvalue weighted by molar-refractivity contribution is 5.85. The molecular formula is C14H22O3. The summed E-state index contributed by atoms with van der Waals surface area (Å²) in [6.07, 6.45) is 8.51. The molecule has 2 saturated heterocycles. The van der Waals surface area contributed by atoms with E-state index in [4.69, 9.17) is 9.47 Å². The van der Waals surface area contributed by atoms with Crippen molar-refractivity contribution >= 4 is 5.78 Å². The lowest BCUT2D eigenvalue weighted by atomic mass is 9.70. The van der Waals surface area contributed by atoms with Crippen molar-refractivity contribution in [1.82, 2.24) is 0 Å². The van der Waals surface area contributed by atoms with Gasteiger partial charge in [-0.3, -0.25) is 4.79 Å². The lowest BCUT2D eigenvalue weighted by Crippen LogP contribution is -2.48. The highest BCUT2D eigenvalue weighted by Crippen LogP contribution is 2.44. The Morgan fingerprint density at radius 1 is 1.06 bits per heavy atom. The minimum absolute atomic E-state index is 0.0766. The van der Waals surface area contributed by atoms with Crippen LogP contribution in [0.3, 0.4) is 0 Å². The summed E-state index contributed by atoms with van der Waals surface area (Å²) < 4.78 is 11.5. The van der Waals surface area contributed by atoms with E-state index in [1.54, 1.807) is 0 Å². The summed E-state index contributed by atoms with van der Waals surface area (Å²) in [5.41, 5.74) is 0.0766. The number of Topliss-reactive ketones (excluding diaryl/α,β-unsaturated/α-hetero) is 1. The van der Waals surface area contributed by atoms with E-state index in [9.17, 15) is 4.79 Å². The Morgan fingerprint density at radius 3 is 2.59 bits per heavy atom. The van der Waals surface area contributed by atoms with Crippen molar-refractivity contribution in [2.45, 2.75) is 63.1 Å². The standard InChI is InChI=1S/C14H22O3/c15-13(12-4-1-2-8-16-12)11-5-9-17-14(10-11)6-3-7-14/h11-12H,1-10H2. The van der Waals surface area contributed by atoms with E-state index in [-0.39, 0.29) is 17.6 Å². The summed E-state index contributed by atoms with van der Waals surface area (Å²) in [5, 5.41) is 0. The van der Waals surface area contributed by atoms with Gasteiger partial charge in [-0.05, 0) is 51.4 Å². The number of ketones is 1. The Bertz CT molecular complexity index is 290. The third-order valence-corrected chi connectivity index (χ3v) is 4.66. The lowest BCUT2D eigenvalue weighted by Gasteiger charge is -2.47. The van der Waals surface area contributed by atoms with Gasteiger partial charge in [-0.2, -0.15) is 0 Å². The van der Waals surface area contributed by atoms with Gasteiger partial charge in [-0.15, -0.1) is 0 Å². The van der Waals surface area contributed by atoms with Crippen LogP contribution in [0.15, 0.2) is 0 Å². The fourth-order valence-electron chi connectivity index (χ4n) is 3.42. The van der Waals surface area contributed by atoms with Crippen molar-refractivity contribution < 1.29 is 14.3 Å². The Kier molecular flexibility index (Phi) is 3.22. The Morgan fingerprint density at radius 2 is 1.94 bits per heavy atom.